The third kappa shape index (κ3) is 4.31. The second-order valence-corrected chi connectivity index (χ2v) is 5.43. The molecule has 2 aromatic rings. The third-order valence-corrected chi connectivity index (χ3v) is 3.56. The summed E-state index contributed by atoms with van der Waals surface area (Å²) in [6.07, 6.45) is 1.45. The summed E-state index contributed by atoms with van der Waals surface area (Å²) in [6.45, 7) is 0. The molecule has 0 aliphatic rings. The lowest BCUT2D eigenvalue weighted by atomic mass is 10.3. The predicted molar refractivity (Wildman–Crippen MR) is 86.7 cm³/mol. The van der Waals surface area contributed by atoms with Crippen LogP contribution < -0.4 is 15.5 Å². The number of benzene rings is 1. The van der Waals surface area contributed by atoms with E-state index >= 15 is 0 Å². The van der Waals surface area contributed by atoms with E-state index < -0.39 is 11.8 Å². The maximum absolute atomic E-state index is 11.8. The van der Waals surface area contributed by atoms with Crippen molar-refractivity contribution < 1.29 is 14.3 Å². The van der Waals surface area contributed by atoms with E-state index in [1.54, 1.807) is 12.1 Å². The van der Waals surface area contributed by atoms with Crippen LogP contribution in [0.15, 0.2) is 40.8 Å². The number of halogens is 1. The number of ether oxygens (including phenoxy) is 1. The molecule has 0 unspecified atom stereocenters. The van der Waals surface area contributed by atoms with Gasteiger partial charge in [-0.25, -0.2) is 5.43 Å². The Bertz CT molecular complexity index is 701. The van der Waals surface area contributed by atoms with E-state index in [-0.39, 0.29) is 0 Å². The van der Waals surface area contributed by atoms with Crippen LogP contribution in [0.5, 0.6) is 5.75 Å². The molecule has 0 bridgehead atoms. The summed E-state index contributed by atoms with van der Waals surface area (Å²) in [5, 5.41) is 8.40. The zero-order valence-corrected chi connectivity index (χ0v) is 13.1. The summed E-state index contributed by atoms with van der Waals surface area (Å²) >= 11 is 7.31. The van der Waals surface area contributed by atoms with Gasteiger partial charge in [0, 0.05) is 9.90 Å². The smallest absolute Gasteiger partial charge is 0.329 e. The molecule has 0 radical (unpaired) electrons. The fraction of sp³-hybridized carbons (Fsp3) is 0.0714. The highest BCUT2D eigenvalue weighted by molar-refractivity contribution is 7.11. The Morgan fingerprint density at radius 1 is 1.32 bits per heavy atom. The summed E-state index contributed by atoms with van der Waals surface area (Å²) in [6, 6.07) is 8.37. The van der Waals surface area contributed by atoms with E-state index in [1.807, 2.05) is 17.5 Å². The van der Waals surface area contributed by atoms with E-state index in [0.29, 0.717) is 16.5 Å². The van der Waals surface area contributed by atoms with Crippen molar-refractivity contribution in [3.8, 4) is 5.75 Å². The van der Waals surface area contributed by atoms with Crippen molar-refractivity contribution in [1.82, 2.24) is 5.43 Å². The minimum Gasteiger partial charge on any atom is -0.495 e. The lowest BCUT2D eigenvalue weighted by Gasteiger charge is -2.09. The van der Waals surface area contributed by atoms with Gasteiger partial charge in [0.2, 0.25) is 0 Å². The first-order valence-corrected chi connectivity index (χ1v) is 7.37. The van der Waals surface area contributed by atoms with Crippen LogP contribution in [0.3, 0.4) is 0 Å². The van der Waals surface area contributed by atoms with Gasteiger partial charge in [-0.15, -0.1) is 11.3 Å². The Labute approximate surface area is 135 Å². The minimum atomic E-state index is -0.894. The molecule has 22 heavy (non-hydrogen) atoms. The Morgan fingerprint density at radius 2 is 2.14 bits per heavy atom. The normalized spacial score (nSPS) is 10.5. The first kappa shape index (κ1) is 16.0. The topological polar surface area (TPSA) is 79.8 Å². The lowest BCUT2D eigenvalue weighted by Crippen LogP contribution is -2.32. The van der Waals surface area contributed by atoms with Crippen LogP contribution in [0.2, 0.25) is 5.02 Å². The van der Waals surface area contributed by atoms with Gasteiger partial charge in [0.1, 0.15) is 5.75 Å². The molecule has 0 saturated heterocycles. The first-order chi connectivity index (χ1) is 10.6. The van der Waals surface area contributed by atoms with Crippen molar-refractivity contribution in [2.24, 2.45) is 5.10 Å². The maximum Gasteiger partial charge on any atom is 0.329 e. The summed E-state index contributed by atoms with van der Waals surface area (Å²) < 4.78 is 5.08. The van der Waals surface area contributed by atoms with Gasteiger partial charge in [-0.3, -0.25) is 9.59 Å². The van der Waals surface area contributed by atoms with Crippen LogP contribution in [0.1, 0.15) is 4.88 Å². The fourth-order valence-electron chi connectivity index (χ4n) is 1.53. The highest BCUT2D eigenvalue weighted by atomic mass is 35.5. The van der Waals surface area contributed by atoms with E-state index in [0.717, 1.165) is 4.88 Å². The van der Waals surface area contributed by atoms with Gasteiger partial charge in [0.05, 0.1) is 19.0 Å². The molecule has 0 atom stereocenters. The summed E-state index contributed by atoms with van der Waals surface area (Å²) in [5.74, 6) is -1.37. The molecule has 8 heteroatoms. The van der Waals surface area contributed by atoms with Crippen molar-refractivity contribution in [3.05, 3.63) is 45.6 Å². The molecule has 2 amide bonds. The molecule has 1 aromatic heterocycles. The number of methoxy groups -OCH3 is 1. The van der Waals surface area contributed by atoms with Crippen LogP contribution in [0, 0.1) is 0 Å². The molecule has 114 valence electrons. The van der Waals surface area contributed by atoms with Crippen LogP contribution >= 0.6 is 22.9 Å². The van der Waals surface area contributed by atoms with Crippen LogP contribution in [0.4, 0.5) is 5.69 Å². The predicted octanol–water partition coefficient (Wildman–Crippen LogP) is 2.50. The molecule has 2 rings (SSSR count). The number of nitrogens with one attached hydrogen (secondary N) is 2. The second kappa shape index (κ2) is 7.58. The molecule has 1 aromatic carbocycles. The number of nitrogens with zero attached hydrogens (tertiary/aromatic N) is 1. The highest BCUT2D eigenvalue weighted by Gasteiger charge is 2.15. The monoisotopic (exact) mass is 337 g/mol. The molecule has 6 nitrogen and oxygen atoms in total. The third-order valence-electron chi connectivity index (χ3n) is 2.52. The zero-order chi connectivity index (χ0) is 15.9. The second-order valence-electron chi connectivity index (χ2n) is 4.01. The molecule has 1 heterocycles. The number of thiophene rings is 1. The van der Waals surface area contributed by atoms with E-state index in [9.17, 15) is 9.59 Å². The number of hydrogen-bond acceptors (Lipinski definition) is 5. The van der Waals surface area contributed by atoms with Crippen LogP contribution in [0.25, 0.3) is 0 Å². The van der Waals surface area contributed by atoms with Crippen LogP contribution in [-0.4, -0.2) is 25.1 Å². The highest BCUT2D eigenvalue weighted by Crippen LogP contribution is 2.27. The number of anilines is 1. The summed E-state index contributed by atoms with van der Waals surface area (Å²) in [4.78, 5) is 24.3. The lowest BCUT2D eigenvalue weighted by molar-refractivity contribution is -0.136. The molecular formula is C14H12ClN3O3S. The standard InChI is InChI=1S/C14H12ClN3O3S/c1-21-12-5-4-9(15)7-11(12)17-13(19)14(20)18-16-8-10-3-2-6-22-10/h2-8H,1H3,(H,17,19)(H,18,20)/b16-8-. The van der Waals surface area contributed by atoms with Gasteiger partial charge in [-0.2, -0.15) is 5.10 Å². The number of carbonyl (C=O) groups excluding carboxylic acids is 2. The van der Waals surface area contributed by atoms with Crippen molar-refractivity contribution in [2.75, 3.05) is 12.4 Å². The number of rotatable bonds is 4. The quantitative estimate of drug-likeness (QED) is 0.511. The summed E-state index contributed by atoms with van der Waals surface area (Å²) in [7, 11) is 1.45. The zero-order valence-electron chi connectivity index (χ0n) is 11.5. The van der Waals surface area contributed by atoms with E-state index in [4.69, 9.17) is 16.3 Å². The Morgan fingerprint density at radius 3 is 2.82 bits per heavy atom. The molecule has 0 saturated carbocycles. The van der Waals surface area contributed by atoms with Gasteiger partial charge >= 0.3 is 11.8 Å². The maximum atomic E-state index is 11.8. The number of hydrazone groups is 1. The molecule has 2 N–H and O–H groups in total. The van der Waals surface area contributed by atoms with Gasteiger partial charge in [0.15, 0.2) is 0 Å². The van der Waals surface area contributed by atoms with Gasteiger partial charge < -0.3 is 10.1 Å². The molecule has 0 spiro atoms. The molecule has 0 fully saturated rings. The average Bonchev–Trinajstić information content (AvgIpc) is 3.00. The fourth-order valence-corrected chi connectivity index (χ4v) is 2.28. The van der Waals surface area contributed by atoms with Crippen LogP contribution in [-0.2, 0) is 9.59 Å². The number of amides is 2. The summed E-state index contributed by atoms with van der Waals surface area (Å²) in [5.41, 5.74) is 2.45. The van der Waals surface area contributed by atoms with Crippen molar-refractivity contribution in [1.29, 1.82) is 0 Å². The SMILES string of the molecule is COc1ccc(Cl)cc1NC(=O)C(=O)N/N=C\c1cccs1. The van der Waals surface area contributed by atoms with Crippen molar-refractivity contribution >= 4 is 46.7 Å². The minimum absolute atomic E-state index is 0.303. The van der Waals surface area contributed by atoms with Crippen molar-refractivity contribution in [3.63, 3.8) is 0 Å². The van der Waals surface area contributed by atoms with Gasteiger partial charge in [-0.05, 0) is 29.6 Å². The largest absolute Gasteiger partial charge is 0.495 e. The van der Waals surface area contributed by atoms with Crippen molar-refractivity contribution in [2.45, 2.75) is 0 Å². The Hall–Kier alpha value is -2.38. The first-order valence-electron chi connectivity index (χ1n) is 6.11. The number of carbonyl (C=O) groups is 2. The number of hydrogen-bond donors (Lipinski definition) is 2. The van der Waals surface area contributed by atoms with E-state index in [1.165, 1.54) is 30.7 Å². The Balaban J connectivity index is 1.97. The van der Waals surface area contributed by atoms with E-state index in [2.05, 4.69) is 15.8 Å². The molecular weight excluding hydrogens is 326 g/mol. The average molecular weight is 338 g/mol. The molecule has 0 aliphatic carbocycles. The molecule has 0 aliphatic heterocycles. The van der Waals surface area contributed by atoms with Gasteiger partial charge in [-0.1, -0.05) is 17.7 Å². The van der Waals surface area contributed by atoms with Gasteiger partial charge in [0.25, 0.3) is 0 Å². The Kier molecular flexibility index (Phi) is 5.51.